The lowest BCUT2D eigenvalue weighted by molar-refractivity contribution is -0.0289. The SMILES string of the molecule is O=C(Nc1c(-c2ccccc2)sc2ccccc12)OC1CN2CCC1CC2. The van der Waals surface area contributed by atoms with Crippen molar-refractivity contribution in [1.82, 2.24) is 4.90 Å². The summed E-state index contributed by atoms with van der Waals surface area (Å²) in [5, 5.41) is 4.13. The van der Waals surface area contributed by atoms with Crippen molar-refractivity contribution < 1.29 is 9.53 Å². The van der Waals surface area contributed by atoms with E-state index in [2.05, 4.69) is 34.5 Å². The van der Waals surface area contributed by atoms with E-state index < -0.39 is 0 Å². The second kappa shape index (κ2) is 6.98. The molecule has 0 spiro atoms. The Morgan fingerprint density at radius 2 is 1.78 bits per heavy atom. The van der Waals surface area contributed by atoms with Crippen LogP contribution in [0.2, 0.25) is 0 Å². The summed E-state index contributed by atoms with van der Waals surface area (Å²) in [4.78, 5) is 16.2. The van der Waals surface area contributed by atoms with Crippen molar-refractivity contribution in [2.45, 2.75) is 18.9 Å². The number of hydrogen-bond donors (Lipinski definition) is 1. The average Bonchev–Trinajstić information content (AvgIpc) is 3.08. The molecule has 138 valence electrons. The van der Waals surface area contributed by atoms with Gasteiger partial charge in [-0.3, -0.25) is 10.2 Å². The number of nitrogens with zero attached hydrogens (tertiary/aromatic N) is 1. The van der Waals surface area contributed by atoms with Crippen molar-refractivity contribution in [3.63, 3.8) is 0 Å². The number of nitrogens with one attached hydrogen (secondary N) is 1. The minimum Gasteiger partial charge on any atom is -0.444 e. The zero-order valence-corrected chi connectivity index (χ0v) is 15.9. The molecular formula is C22H22N2O2S. The first-order valence-electron chi connectivity index (χ1n) is 9.55. The van der Waals surface area contributed by atoms with Crippen molar-refractivity contribution in [1.29, 1.82) is 0 Å². The second-order valence-electron chi connectivity index (χ2n) is 7.38. The number of carbonyl (C=O) groups excluding carboxylic acids is 1. The summed E-state index contributed by atoms with van der Waals surface area (Å²) in [5.74, 6) is 0.508. The third-order valence-electron chi connectivity index (χ3n) is 5.71. The number of ether oxygens (including phenoxy) is 1. The first kappa shape index (κ1) is 16.8. The maximum atomic E-state index is 12.7. The van der Waals surface area contributed by atoms with Crippen LogP contribution >= 0.6 is 11.3 Å². The molecule has 3 saturated heterocycles. The van der Waals surface area contributed by atoms with E-state index in [0.29, 0.717) is 5.92 Å². The molecule has 3 aliphatic heterocycles. The summed E-state index contributed by atoms with van der Waals surface area (Å²) in [7, 11) is 0. The van der Waals surface area contributed by atoms with Crippen LogP contribution in [-0.2, 0) is 4.74 Å². The van der Waals surface area contributed by atoms with E-state index >= 15 is 0 Å². The number of benzene rings is 2. The summed E-state index contributed by atoms with van der Waals surface area (Å²) < 4.78 is 7.01. The highest BCUT2D eigenvalue weighted by molar-refractivity contribution is 7.23. The van der Waals surface area contributed by atoms with Crippen LogP contribution in [0.25, 0.3) is 20.5 Å². The summed E-state index contributed by atoms with van der Waals surface area (Å²) in [6.45, 7) is 3.15. The van der Waals surface area contributed by atoms with Crippen molar-refractivity contribution >= 4 is 33.2 Å². The first-order valence-corrected chi connectivity index (χ1v) is 10.4. The van der Waals surface area contributed by atoms with E-state index in [1.807, 2.05) is 30.3 Å². The van der Waals surface area contributed by atoms with Gasteiger partial charge in [-0.1, -0.05) is 48.5 Å². The zero-order chi connectivity index (χ0) is 18.2. The molecule has 1 atom stereocenters. The van der Waals surface area contributed by atoms with Gasteiger partial charge in [0, 0.05) is 16.6 Å². The fraction of sp³-hybridized carbons (Fsp3) is 0.318. The number of carbonyl (C=O) groups is 1. The number of fused-ring (bicyclic) bond motifs is 4. The molecule has 27 heavy (non-hydrogen) atoms. The monoisotopic (exact) mass is 378 g/mol. The Morgan fingerprint density at radius 3 is 2.52 bits per heavy atom. The Morgan fingerprint density at radius 1 is 1.04 bits per heavy atom. The molecule has 1 unspecified atom stereocenters. The van der Waals surface area contributed by atoms with Gasteiger partial charge in [0.1, 0.15) is 6.10 Å². The molecule has 5 heteroatoms. The Balaban J connectivity index is 1.43. The van der Waals surface area contributed by atoms with Gasteiger partial charge >= 0.3 is 6.09 Å². The van der Waals surface area contributed by atoms with Crippen LogP contribution in [0, 0.1) is 5.92 Å². The number of thiophene rings is 1. The largest absolute Gasteiger partial charge is 0.444 e. The standard InChI is InChI=1S/C22H22N2O2S/c25-22(26-18-14-24-12-10-15(18)11-13-24)23-20-17-8-4-5-9-19(17)27-21(20)16-6-2-1-3-7-16/h1-9,15,18H,10-14H2,(H,23,25). The Bertz CT molecular complexity index is 961. The second-order valence-corrected chi connectivity index (χ2v) is 8.43. The normalized spacial score (nSPS) is 24.1. The van der Waals surface area contributed by atoms with E-state index in [-0.39, 0.29) is 12.2 Å². The van der Waals surface area contributed by atoms with Crippen LogP contribution in [0.1, 0.15) is 12.8 Å². The molecule has 0 radical (unpaired) electrons. The van der Waals surface area contributed by atoms with Gasteiger partial charge < -0.3 is 4.74 Å². The lowest BCUT2D eigenvalue weighted by Crippen LogP contribution is -2.52. The van der Waals surface area contributed by atoms with Gasteiger partial charge in [0.25, 0.3) is 0 Å². The highest BCUT2D eigenvalue weighted by atomic mass is 32.1. The quantitative estimate of drug-likeness (QED) is 0.680. The van der Waals surface area contributed by atoms with Gasteiger partial charge in [-0.2, -0.15) is 0 Å². The van der Waals surface area contributed by atoms with Crippen LogP contribution in [0.3, 0.4) is 0 Å². The lowest BCUT2D eigenvalue weighted by atomic mass is 9.86. The van der Waals surface area contributed by atoms with E-state index in [1.54, 1.807) is 11.3 Å². The molecule has 1 N–H and O–H groups in total. The Hall–Kier alpha value is -2.37. The van der Waals surface area contributed by atoms with Crippen molar-refractivity contribution in [3.8, 4) is 10.4 Å². The third kappa shape index (κ3) is 3.22. The maximum absolute atomic E-state index is 12.7. The fourth-order valence-corrected chi connectivity index (χ4v) is 5.44. The van der Waals surface area contributed by atoms with Crippen LogP contribution in [0.5, 0.6) is 0 Å². The number of piperidine rings is 3. The molecule has 0 saturated carbocycles. The summed E-state index contributed by atoms with van der Waals surface area (Å²) in [6, 6.07) is 18.4. The van der Waals surface area contributed by atoms with E-state index in [0.717, 1.165) is 58.7 Å². The molecule has 4 nitrogen and oxygen atoms in total. The first-order chi connectivity index (χ1) is 13.3. The van der Waals surface area contributed by atoms with Crippen molar-refractivity contribution in [3.05, 3.63) is 54.6 Å². The van der Waals surface area contributed by atoms with Gasteiger partial charge in [0.15, 0.2) is 0 Å². The predicted octanol–water partition coefficient (Wildman–Crippen LogP) is 5.21. The van der Waals surface area contributed by atoms with Gasteiger partial charge in [0.05, 0.1) is 10.6 Å². The van der Waals surface area contributed by atoms with Gasteiger partial charge in [-0.15, -0.1) is 11.3 Å². The van der Waals surface area contributed by atoms with Crippen molar-refractivity contribution in [2.24, 2.45) is 5.92 Å². The van der Waals surface area contributed by atoms with Gasteiger partial charge in [0.2, 0.25) is 0 Å². The minimum absolute atomic E-state index is 0.0116. The minimum atomic E-state index is -0.338. The van der Waals surface area contributed by atoms with Crippen molar-refractivity contribution in [2.75, 3.05) is 25.0 Å². The third-order valence-corrected chi connectivity index (χ3v) is 6.93. The molecule has 3 aromatic rings. The molecular weight excluding hydrogens is 356 g/mol. The fourth-order valence-electron chi connectivity index (χ4n) is 4.28. The Kier molecular flexibility index (Phi) is 4.34. The molecule has 6 rings (SSSR count). The van der Waals surface area contributed by atoms with E-state index in [1.165, 1.54) is 0 Å². The Labute approximate surface area is 162 Å². The molecule has 0 aliphatic carbocycles. The number of hydrogen-bond acceptors (Lipinski definition) is 4. The van der Waals surface area contributed by atoms with E-state index in [4.69, 9.17) is 4.74 Å². The molecule has 4 heterocycles. The van der Waals surface area contributed by atoms with Gasteiger partial charge in [-0.25, -0.2) is 4.79 Å². The predicted molar refractivity (Wildman–Crippen MR) is 110 cm³/mol. The zero-order valence-electron chi connectivity index (χ0n) is 15.1. The summed E-state index contributed by atoms with van der Waals surface area (Å²) >= 11 is 1.70. The molecule has 1 amide bonds. The van der Waals surface area contributed by atoms with Crippen LogP contribution < -0.4 is 5.32 Å². The summed E-state index contributed by atoms with van der Waals surface area (Å²) in [5.41, 5.74) is 1.96. The average molecular weight is 378 g/mol. The number of rotatable bonds is 3. The van der Waals surface area contributed by atoms with Gasteiger partial charge in [-0.05, 0) is 43.5 Å². The van der Waals surface area contributed by atoms with Crippen LogP contribution in [-0.4, -0.2) is 36.7 Å². The van der Waals surface area contributed by atoms with Crippen LogP contribution in [0.15, 0.2) is 54.6 Å². The summed E-state index contributed by atoms with van der Waals surface area (Å²) in [6.07, 6.45) is 1.94. The topological polar surface area (TPSA) is 41.6 Å². The highest BCUT2D eigenvalue weighted by Gasteiger charge is 2.36. The lowest BCUT2D eigenvalue weighted by Gasteiger charge is -2.43. The number of amides is 1. The maximum Gasteiger partial charge on any atom is 0.412 e. The highest BCUT2D eigenvalue weighted by Crippen LogP contribution is 2.42. The number of anilines is 1. The molecule has 3 aliphatic rings. The molecule has 3 fully saturated rings. The molecule has 2 aromatic carbocycles. The smallest absolute Gasteiger partial charge is 0.412 e. The van der Waals surface area contributed by atoms with E-state index in [9.17, 15) is 4.79 Å². The molecule has 1 aromatic heterocycles. The molecule has 2 bridgehead atoms. The van der Waals surface area contributed by atoms with Crippen LogP contribution in [0.4, 0.5) is 10.5 Å².